The second-order valence-corrected chi connectivity index (χ2v) is 3.58. The van der Waals surface area contributed by atoms with Gasteiger partial charge >= 0.3 is 6.03 Å². The fourth-order valence-electron chi connectivity index (χ4n) is 1.54. The Labute approximate surface area is 77.5 Å². The van der Waals surface area contributed by atoms with Crippen LogP contribution in [0.25, 0.3) is 0 Å². The fraction of sp³-hybridized carbons (Fsp3) is 0.750. The molecule has 1 saturated heterocycles. The van der Waals surface area contributed by atoms with E-state index < -0.39 is 11.6 Å². The fourth-order valence-corrected chi connectivity index (χ4v) is 1.54. The lowest BCUT2D eigenvalue weighted by Crippen LogP contribution is -2.53. The van der Waals surface area contributed by atoms with E-state index in [0.29, 0.717) is 13.0 Å². The lowest BCUT2D eigenvalue weighted by atomic mass is 9.96. The second-order valence-electron chi connectivity index (χ2n) is 3.58. The summed E-state index contributed by atoms with van der Waals surface area (Å²) in [4.78, 5) is 24.3. The van der Waals surface area contributed by atoms with Crippen LogP contribution in [0.15, 0.2) is 0 Å². The molecule has 2 N–H and O–H groups in total. The molecule has 1 fully saturated rings. The van der Waals surface area contributed by atoms with Crippen molar-refractivity contribution in [2.24, 2.45) is 0 Å². The Hall–Kier alpha value is -1.10. The van der Waals surface area contributed by atoms with Crippen LogP contribution >= 0.6 is 0 Å². The summed E-state index contributed by atoms with van der Waals surface area (Å²) in [6.07, 6.45) is 0.600. The molecule has 1 rings (SSSR count). The van der Waals surface area contributed by atoms with Gasteiger partial charge in [-0.1, -0.05) is 6.92 Å². The van der Waals surface area contributed by atoms with Gasteiger partial charge in [-0.25, -0.2) is 4.79 Å². The van der Waals surface area contributed by atoms with Crippen LogP contribution < -0.4 is 10.6 Å². The third-order valence-corrected chi connectivity index (χ3v) is 2.20. The molecule has 0 aliphatic carbocycles. The maximum atomic E-state index is 11.5. The van der Waals surface area contributed by atoms with Gasteiger partial charge in [0.05, 0.1) is 0 Å². The van der Waals surface area contributed by atoms with Gasteiger partial charge in [-0.15, -0.1) is 0 Å². The van der Waals surface area contributed by atoms with Crippen LogP contribution in [0.4, 0.5) is 4.79 Å². The van der Waals surface area contributed by atoms with Gasteiger partial charge in [0.25, 0.3) is 5.91 Å². The van der Waals surface area contributed by atoms with Crippen LogP contribution in [-0.2, 0) is 4.79 Å². The minimum absolute atomic E-state index is 0.228. The molecule has 0 aromatic carbocycles. The van der Waals surface area contributed by atoms with E-state index in [2.05, 4.69) is 10.6 Å². The minimum Gasteiger partial charge on any atom is -0.322 e. The van der Waals surface area contributed by atoms with Crippen LogP contribution in [0, 0.1) is 0 Å². The molecular formula is C8H15N3O2. The summed E-state index contributed by atoms with van der Waals surface area (Å²) in [5, 5.41) is 4.91. The quantitative estimate of drug-likeness (QED) is 0.585. The largest absolute Gasteiger partial charge is 0.322 e. The highest BCUT2D eigenvalue weighted by Crippen LogP contribution is 2.15. The number of carbonyl (C=O) groups excluding carboxylic acids is 2. The van der Waals surface area contributed by atoms with Crippen molar-refractivity contribution in [3.05, 3.63) is 0 Å². The monoisotopic (exact) mass is 185 g/mol. The van der Waals surface area contributed by atoms with E-state index in [1.807, 2.05) is 25.9 Å². The molecule has 3 amide bonds. The zero-order valence-corrected chi connectivity index (χ0v) is 8.18. The van der Waals surface area contributed by atoms with Gasteiger partial charge in [0, 0.05) is 6.54 Å². The summed E-state index contributed by atoms with van der Waals surface area (Å²) < 4.78 is 0. The molecule has 0 bridgehead atoms. The Morgan fingerprint density at radius 2 is 2.00 bits per heavy atom. The topological polar surface area (TPSA) is 61.4 Å². The zero-order chi connectivity index (χ0) is 10.1. The van der Waals surface area contributed by atoms with Crippen molar-refractivity contribution in [3.8, 4) is 0 Å². The van der Waals surface area contributed by atoms with E-state index in [0.717, 1.165) is 0 Å². The Bertz CT molecular complexity index is 240. The van der Waals surface area contributed by atoms with Crippen LogP contribution in [0.1, 0.15) is 13.3 Å². The van der Waals surface area contributed by atoms with E-state index >= 15 is 0 Å². The van der Waals surface area contributed by atoms with E-state index in [1.165, 1.54) is 0 Å². The predicted octanol–water partition coefficient (Wildman–Crippen LogP) is -0.464. The standard InChI is InChI=1S/C8H15N3O2/c1-4-8(5-11(2)3)6(12)9-7(13)10-8/h4-5H2,1-3H3,(H2,9,10,12,13). The Kier molecular flexibility index (Phi) is 2.56. The van der Waals surface area contributed by atoms with Crippen LogP contribution in [0.3, 0.4) is 0 Å². The first-order chi connectivity index (χ1) is 6.00. The highest BCUT2D eigenvalue weighted by molar-refractivity contribution is 6.07. The Morgan fingerprint density at radius 1 is 1.38 bits per heavy atom. The zero-order valence-electron chi connectivity index (χ0n) is 8.18. The lowest BCUT2D eigenvalue weighted by molar-refractivity contribution is -0.124. The summed E-state index contributed by atoms with van der Waals surface area (Å²) in [6.45, 7) is 2.41. The van der Waals surface area contributed by atoms with Crippen molar-refractivity contribution in [3.63, 3.8) is 0 Å². The average molecular weight is 185 g/mol. The predicted molar refractivity (Wildman–Crippen MR) is 48.3 cm³/mol. The van der Waals surface area contributed by atoms with Crippen LogP contribution in [0.2, 0.25) is 0 Å². The number of nitrogens with zero attached hydrogens (tertiary/aromatic N) is 1. The van der Waals surface area contributed by atoms with Gasteiger partial charge in [-0.3, -0.25) is 10.1 Å². The molecule has 1 aliphatic rings. The first-order valence-corrected chi connectivity index (χ1v) is 4.28. The lowest BCUT2D eigenvalue weighted by Gasteiger charge is -2.27. The first kappa shape index (κ1) is 9.98. The molecule has 0 spiro atoms. The Morgan fingerprint density at radius 3 is 2.31 bits per heavy atom. The molecular weight excluding hydrogens is 170 g/mol. The summed E-state index contributed by atoms with van der Waals surface area (Å²) in [7, 11) is 3.74. The van der Waals surface area contributed by atoms with Gasteiger partial charge in [0.2, 0.25) is 0 Å². The van der Waals surface area contributed by atoms with Crippen LogP contribution in [0.5, 0.6) is 0 Å². The number of likely N-dealkylation sites (N-methyl/N-ethyl adjacent to an activating group) is 1. The molecule has 1 unspecified atom stereocenters. The highest BCUT2D eigenvalue weighted by Gasteiger charge is 2.44. The first-order valence-electron chi connectivity index (χ1n) is 4.28. The number of hydrogen-bond donors (Lipinski definition) is 2. The molecule has 0 aromatic heterocycles. The molecule has 1 aliphatic heterocycles. The molecule has 0 radical (unpaired) electrons. The second kappa shape index (κ2) is 3.33. The van der Waals surface area contributed by atoms with E-state index in [4.69, 9.17) is 0 Å². The molecule has 0 saturated carbocycles. The van der Waals surface area contributed by atoms with E-state index in [9.17, 15) is 9.59 Å². The number of imide groups is 1. The van der Waals surface area contributed by atoms with Gasteiger partial charge in [0.15, 0.2) is 0 Å². The van der Waals surface area contributed by atoms with Gasteiger partial charge < -0.3 is 10.2 Å². The smallest absolute Gasteiger partial charge is 0.322 e. The van der Waals surface area contributed by atoms with Crippen molar-refractivity contribution < 1.29 is 9.59 Å². The SMILES string of the molecule is CCC1(CN(C)C)NC(=O)NC1=O. The third-order valence-electron chi connectivity index (χ3n) is 2.20. The summed E-state index contributed by atoms with van der Waals surface area (Å²) in [6, 6.07) is -0.395. The number of amides is 3. The average Bonchev–Trinajstić information content (AvgIpc) is 2.26. The number of urea groups is 1. The summed E-state index contributed by atoms with van der Waals surface area (Å²) >= 11 is 0. The molecule has 74 valence electrons. The van der Waals surface area contributed by atoms with E-state index in [1.54, 1.807) is 0 Å². The molecule has 5 nitrogen and oxygen atoms in total. The van der Waals surface area contributed by atoms with Crippen molar-refractivity contribution >= 4 is 11.9 Å². The minimum atomic E-state index is -0.736. The molecule has 5 heteroatoms. The number of nitrogens with one attached hydrogen (secondary N) is 2. The van der Waals surface area contributed by atoms with Crippen molar-refractivity contribution in [1.29, 1.82) is 0 Å². The molecule has 1 heterocycles. The van der Waals surface area contributed by atoms with Gasteiger partial charge in [0.1, 0.15) is 5.54 Å². The molecule has 13 heavy (non-hydrogen) atoms. The van der Waals surface area contributed by atoms with Gasteiger partial charge in [-0.2, -0.15) is 0 Å². The highest BCUT2D eigenvalue weighted by atomic mass is 16.2. The Balaban J connectivity index is 2.80. The van der Waals surface area contributed by atoms with Crippen molar-refractivity contribution in [2.75, 3.05) is 20.6 Å². The number of rotatable bonds is 3. The molecule has 1 atom stereocenters. The van der Waals surface area contributed by atoms with Crippen molar-refractivity contribution in [1.82, 2.24) is 15.5 Å². The maximum Gasteiger partial charge on any atom is 0.322 e. The summed E-state index contributed by atoms with van der Waals surface area (Å²) in [5.74, 6) is -0.228. The maximum absolute atomic E-state index is 11.5. The number of hydrogen-bond acceptors (Lipinski definition) is 3. The van der Waals surface area contributed by atoms with Crippen LogP contribution in [-0.4, -0.2) is 43.0 Å². The van der Waals surface area contributed by atoms with Crippen molar-refractivity contribution in [2.45, 2.75) is 18.9 Å². The summed E-state index contributed by atoms with van der Waals surface area (Å²) in [5.41, 5.74) is -0.736. The van der Waals surface area contributed by atoms with E-state index in [-0.39, 0.29) is 5.91 Å². The van der Waals surface area contributed by atoms with Gasteiger partial charge in [-0.05, 0) is 20.5 Å². The third kappa shape index (κ3) is 1.80. The number of carbonyl (C=O) groups is 2. The normalized spacial score (nSPS) is 27.7. The molecule has 0 aromatic rings.